The van der Waals surface area contributed by atoms with Gasteiger partial charge in [-0.3, -0.25) is 4.90 Å². The van der Waals surface area contributed by atoms with Crippen molar-refractivity contribution in [1.82, 2.24) is 4.90 Å². The van der Waals surface area contributed by atoms with Crippen molar-refractivity contribution >= 4 is 23.2 Å². The molecule has 1 heterocycles. The molecule has 0 saturated carbocycles. The normalized spacial score (nSPS) is 21.9. The van der Waals surface area contributed by atoms with Gasteiger partial charge >= 0.3 is 0 Å². The zero-order valence-corrected chi connectivity index (χ0v) is 13.6. The fraction of sp³-hybridized carbons (Fsp3) is 0.625. The SMILES string of the molecule is CCCC1CCCCN1C(CN)c1c(Cl)cccc1Cl. The summed E-state index contributed by atoms with van der Waals surface area (Å²) in [5, 5.41) is 1.46. The van der Waals surface area contributed by atoms with Crippen LogP contribution in [0.1, 0.15) is 50.6 Å². The van der Waals surface area contributed by atoms with Crippen LogP contribution in [0.25, 0.3) is 0 Å². The molecule has 0 aliphatic carbocycles. The minimum atomic E-state index is 0.132. The molecule has 2 nitrogen and oxygen atoms in total. The molecule has 1 saturated heterocycles. The third-order valence-corrected chi connectivity index (χ3v) is 4.91. The molecule has 0 amide bonds. The smallest absolute Gasteiger partial charge is 0.0502 e. The van der Waals surface area contributed by atoms with E-state index in [4.69, 9.17) is 28.9 Å². The summed E-state index contributed by atoms with van der Waals surface area (Å²) in [7, 11) is 0. The molecule has 112 valence electrons. The molecule has 1 aliphatic heterocycles. The predicted octanol–water partition coefficient (Wildman–Crippen LogP) is 4.65. The van der Waals surface area contributed by atoms with Gasteiger partial charge < -0.3 is 5.73 Å². The second kappa shape index (κ2) is 7.65. The molecule has 0 radical (unpaired) electrons. The average molecular weight is 315 g/mol. The van der Waals surface area contributed by atoms with Crippen molar-refractivity contribution in [2.75, 3.05) is 13.1 Å². The summed E-state index contributed by atoms with van der Waals surface area (Å²) < 4.78 is 0. The number of piperidine rings is 1. The molecule has 2 atom stereocenters. The van der Waals surface area contributed by atoms with Gasteiger partial charge in [-0.25, -0.2) is 0 Å². The Labute approximate surface area is 132 Å². The number of hydrogen-bond donors (Lipinski definition) is 1. The Balaban J connectivity index is 2.30. The standard InChI is InChI=1S/C16H24Cl2N2/c1-2-6-12-7-3-4-10-20(12)15(11-19)16-13(17)8-5-9-14(16)18/h5,8-9,12,15H,2-4,6-7,10-11,19H2,1H3. The Morgan fingerprint density at radius 3 is 2.60 bits per heavy atom. The van der Waals surface area contributed by atoms with Crippen LogP contribution >= 0.6 is 23.2 Å². The van der Waals surface area contributed by atoms with Crippen LogP contribution in [0.2, 0.25) is 10.0 Å². The molecule has 1 aromatic carbocycles. The van der Waals surface area contributed by atoms with Gasteiger partial charge in [0.1, 0.15) is 0 Å². The minimum Gasteiger partial charge on any atom is -0.329 e. The van der Waals surface area contributed by atoms with Gasteiger partial charge in [-0.1, -0.05) is 49.0 Å². The molecule has 4 heteroatoms. The van der Waals surface area contributed by atoms with E-state index in [0.29, 0.717) is 12.6 Å². The van der Waals surface area contributed by atoms with E-state index in [0.717, 1.165) is 22.2 Å². The summed E-state index contributed by atoms with van der Waals surface area (Å²) in [4.78, 5) is 2.53. The van der Waals surface area contributed by atoms with E-state index >= 15 is 0 Å². The van der Waals surface area contributed by atoms with E-state index in [1.165, 1.54) is 32.1 Å². The first-order chi connectivity index (χ1) is 9.69. The third-order valence-electron chi connectivity index (χ3n) is 4.25. The van der Waals surface area contributed by atoms with E-state index < -0.39 is 0 Å². The summed E-state index contributed by atoms with van der Waals surface area (Å²) in [5.41, 5.74) is 7.07. The highest BCUT2D eigenvalue weighted by Crippen LogP contribution is 2.37. The van der Waals surface area contributed by atoms with Crippen LogP contribution in [-0.2, 0) is 0 Å². The summed E-state index contributed by atoms with van der Waals surface area (Å²) >= 11 is 12.8. The summed E-state index contributed by atoms with van der Waals surface area (Å²) in [6.07, 6.45) is 6.23. The molecule has 1 aromatic rings. The molecular formula is C16H24Cl2N2. The lowest BCUT2D eigenvalue weighted by atomic mass is 9.93. The van der Waals surface area contributed by atoms with Crippen LogP contribution in [-0.4, -0.2) is 24.0 Å². The zero-order valence-electron chi connectivity index (χ0n) is 12.1. The van der Waals surface area contributed by atoms with Crippen LogP contribution < -0.4 is 5.73 Å². The number of benzene rings is 1. The monoisotopic (exact) mass is 314 g/mol. The van der Waals surface area contributed by atoms with Crippen molar-refractivity contribution in [3.05, 3.63) is 33.8 Å². The molecule has 0 aromatic heterocycles. The highest BCUT2D eigenvalue weighted by Gasteiger charge is 2.30. The maximum Gasteiger partial charge on any atom is 0.0502 e. The van der Waals surface area contributed by atoms with Crippen LogP contribution in [0, 0.1) is 0 Å². The lowest BCUT2D eigenvalue weighted by Crippen LogP contribution is -2.44. The molecule has 1 fully saturated rings. The first-order valence-electron chi connectivity index (χ1n) is 7.58. The number of nitrogens with two attached hydrogens (primary N) is 1. The van der Waals surface area contributed by atoms with Gasteiger partial charge in [0.25, 0.3) is 0 Å². The predicted molar refractivity (Wildman–Crippen MR) is 87.5 cm³/mol. The van der Waals surface area contributed by atoms with Crippen molar-refractivity contribution < 1.29 is 0 Å². The van der Waals surface area contributed by atoms with E-state index in [-0.39, 0.29) is 6.04 Å². The Kier molecular flexibility index (Phi) is 6.16. The highest BCUT2D eigenvalue weighted by molar-refractivity contribution is 6.36. The van der Waals surface area contributed by atoms with Gasteiger partial charge in [-0.05, 0) is 37.9 Å². The summed E-state index contributed by atoms with van der Waals surface area (Å²) in [6.45, 7) is 3.89. The maximum absolute atomic E-state index is 6.38. The van der Waals surface area contributed by atoms with Crippen molar-refractivity contribution in [2.45, 2.75) is 51.1 Å². The van der Waals surface area contributed by atoms with E-state index in [2.05, 4.69) is 11.8 Å². The second-order valence-electron chi connectivity index (χ2n) is 5.56. The van der Waals surface area contributed by atoms with Gasteiger partial charge in [-0.15, -0.1) is 0 Å². The van der Waals surface area contributed by atoms with Crippen LogP contribution in [0.4, 0.5) is 0 Å². The molecular weight excluding hydrogens is 291 g/mol. The lowest BCUT2D eigenvalue weighted by Gasteiger charge is -2.41. The molecule has 0 spiro atoms. The van der Waals surface area contributed by atoms with Crippen LogP contribution in [0.5, 0.6) is 0 Å². The molecule has 2 rings (SSSR count). The van der Waals surface area contributed by atoms with Crippen molar-refractivity contribution in [1.29, 1.82) is 0 Å². The second-order valence-corrected chi connectivity index (χ2v) is 6.38. The number of halogens is 2. The number of likely N-dealkylation sites (tertiary alicyclic amines) is 1. The Morgan fingerprint density at radius 2 is 2.00 bits per heavy atom. The van der Waals surface area contributed by atoms with Gasteiger partial charge in [0, 0.05) is 28.2 Å². The van der Waals surface area contributed by atoms with E-state index in [1.807, 2.05) is 18.2 Å². The van der Waals surface area contributed by atoms with Crippen molar-refractivity contribution in [2.24, 2.45) is 5.73 Å². The molecule has 0 bridgehead atoms. The fourth-order valence-electron chi connectivity index (χ4n) is 3.32. The van der Waals surface area contributed by atoms with E-state index in [9.17, 15) is 0 Å². The topological polar surface area (TPSA) is 29.3 Å². The average Bonchev–Trinajstić information content (AvgIpc) is 2.44. The third kappa shape index (κ3) is 3.48. The Hall–Kier alpha value is -0.280. The van der Waals surface area contributed by atoms with Crippen LogP contribution in [0.15, 0.2) is 18.2 Å². The molecule has 20 heavy (non-hydrogen) atoms. The van der Waals surface area contributed by atoms with Crippen molar-refractivity contribution in [3.63, 3.8) is 0 Å². The van der Waals surface area contributed by atoms with Gasteiger partial charge in [0.2, 0.25) is 0 Å². The molecule has 1 aliphatic rings. The summed E-state index contributed by atoms with van der Waals surface area (Å²) in [5.74, 6) is 0. The summed E-state index contributed by atoms with van der Waals surface area (Å²) in [6, 6.07) is 6.44. The maximum atomic E-state index is 6.38. The van der Waals surface area contributed by atoms with Crippen molar-refractivity contribution in [3.8, 4) is 0 Å². The first kappa shape index (κ1) is 16.1. The molecule has 2 unspecified atom stereocenters. The molecule has 2 N–H and O–H groups in total. The van der Waals surface area contributed by atoms with Gasteiger partial charge in [-0.2, -0.15) is 0 Å². The van der Waals surface area contributed by atoms with Crippen LogP contribution in [0.3, 0.4) is 0 Å². The Morgan fingerprint density at radius 1 is 1.30 bits per heavy atom. The lowest BCUT2D eigenvalue weighted by molar-refractivity contribution is 0.0913. The zero-order chi connectivity index (χ0) is 14.5. The van der Waals surface area contributed by atoms with Gasteiger partial charge in [0.05, 0.1) is 6.04 Å². The number of nitrogens with zero attached hydrogens (tertiary/aromatic N) is 1. The first-order valence-corrected chi connectivity index (χ1v) is 8.34. The minimum absolute atomic E-state index is 0.132. The largest absolute Gasteiger partial charge is 0.329 e. The fourth-order valence-corrected chi connectivity index (χ4v) is 3.97. The van der Waals surface area contributed by atoms with Gasteiger partial charge in [0.15, 0.2) is 0 Å². The van der Waals surface area contributed by atoms with E-state index in [1.54, 1.807) is 0 Å². The Bertz CT molecular complexity index is 414. The quantitative estimate of drug-likeness (QED) is 0.857. The number of rotatable bonds is 5. The highest BCUT2D eigenvalue weighted by atomic mass is 35.5. The number of hydrogen-bond acceptors (Lipinski definition) is 2.